The third kappa shape index (κ3) is 2.33. The van der Waals surface area contributed by atoms with Crippen LogP contribution in [0.15, 0.2) is 18.2 Å². The maximum atomic E-state index is 11.3. The van der Waals surface area contributed by atoms with Gasteiger partial charge in [0.25, 0.3) is 5.91 Å². The van der Waals surface area contributed by atoms with Crippen molar-refractivity contribution in [2.24, 2.45) is 5.73 Å². The predicted molar refractivity (Wildman–Crippen MR) is 80.6 cm³/mol. The Morgan fingerprint density at radius 1 is 1.25 bits per heavy atom. The second-order valence-electron chi connectivity index (χ2n) is 5.77. The molecule has 5 heteroatoms. The second kappa shape index (κ2) is 5.32. The van der Waals surface area contributed by atoms with Gasteiger partial charge in [-0.3, -0.25) is 9.69 Å². The van der Waals surface area contributed by atoms with E-state index in [1.807, 2.05) is 12.1 Å². The molecule has 2 atom stereocenters. The van der Waals surface area contributed by atoms with Gasteiger partial charge in [0, 0.05) is 18.6 Å². The molecule has 2 aliphatic heterocycles. The van der Waals surface area contributed by atoms with Crippen LogP contribution in [0.3, 0.4) is 0 Å². The van der Waals surface area contributed by atoms with E-state index in [-0.39, 0.29) is 0 Å². The molecule has 2 heterocycles. The summed E-state index contributed by atoms with van der Waals surface area (Å²) in [4.78, 5) is 13.9. The van der Waals surface area contributed by atoms with Gasteiger partial charge in [0.1, 0.15) is 0 Å². The van der Waals surface area contributed by atoms with Gasteiger partial charge in [0.05, 0.1) is 16.9 Å². The number of fused-ring (bicyclic) bond motifs is 1. The highest BCUT2D eigenvalue weighted by Gasteiger charge is 2.35. The third-order valence-electron chi connectivity index (χ3n) is 4.57. The van der Waals surface area contributed by atoms with E-state index in [2.05, 4.69) is 10.2 Å². The standard InChI is InChI=1S/C15H22N4O/c16-14-10(15(17)20)4-3-5-12(14)18-11-7-9-19-8-2-1-6-13(11)19/h3-5,11,13,18H,1-2,6-9,16H2,(H2,17,20). The van der Waals surface area contributed by atoms with Crippen LogP contribution in [-0.4, -0.2) is 36.0 Å². The minimum atomic E-state index is -0.475. The molecule has 2 unspecified atom stereocenters. The van der Waals surface area contributed by atoms with Crippen LogP contribution in [0, 0.1) is 0 Å². The SMILES string of the molecule is NC(=O)c1cccc(NC2CCN3CCCCC23)c1N. The minimum Gasteiger partial charge on any atom is -0.396 e. The normalized spacial score (nSPS) is 26.2. The first-order chi connectivity index (χ1) is 9.66. The van der Waals surface area contributed by atoms with Crippen LogP contribution in [0.25, 0.3) is 0 Å². The summed E-state index contributed by atoms with van der Waals surface area (Å²) in [7, 11) is 0. The van der Waals surface area contributed by atoms with E-state index in [9.17, 15) is 4.79 Å². The van der Waals surface area contributed by atoms with Gasteiger partial charge < -0.3 is 16.8 Å². The summed E-state index contributed by atoms with van der Waals surface area (Å²) in [5.41, 5.74) is 13.1. The predicted octanol–water partition coefficient (Wildman–Crippen LogP) is 1.41. The second-order valence-corrected chi connectivity index (χ2v) is 5.77. The smallest absolute Gasteiger partial charge is 0.250 e. The zero-order valence-electron chi connectivity index (χ0n) is 11.6. The lowest BCUT2D eigenvalue weighted by molar-refractivity contribution is 0.100. The molecular weight excluding hydrogens is 252 g/mol. The van der Waals surface area contributed by atoms with Gasteiger partial charge >= 0.3 is 0 Å². The Morgan fingerprint density at radius 3 is 2.90 bits per heavy atom. The largest absolute Gasteiger partial charge is 0.396 e. The highest BCUT2D eigenvalue weighted by Crippen LogP contribution is 2.31. The van der Waals surface area contributed by atoms with E-state index in [4.69, 9.17) is 11.5 Å². The number of carbonyl (C=O) groups is 1. The molecule has 1 aromatic carbocycles. The van der Waals surface area contributed by atoms with E-state index < -0.39 is 5.91 Å². The summed E-state index contributed by atoms with van der Waals surface area (Å²) in [6, 6.07) is 6.44. The Bertz CT molecular complexity index is 517. The topological polar surface area (TPSA) is 84.4 Å². The van der Waals surface area contributed by atoms with Crippen molar-refractivity contribution >= 4 is 17.3 Å². The molecule has 0 aromatic heterocycles. The number of nitrogens with one attached hydrogen (secondary N) is 1. The number of hydrogen-bond donors (Lipinski definition) is 3. The molecule has 0 bridgehead atoms. The summed E-state index contributed by atoms with van der Waals surface area (Å²) < 4.78 is 0. The lowest BCUT2D eigenvalue weighted by Gasteiger charge is -2.33. The summed E-state index contributed by atoms with van der Waals surface area (Å²) in [5, 5.41) is 3.53. The van der Waals surface area contributed by atoms with E-state index in [0.29, 0.717) is 23.3 Å². The molecular formula is C15H22N4O. The number of anilines is 2. The number of para-hydroxylation sites is 1. The van der Waals surface area contributed by atoms with Crippen molar-refractivity contribution in [3.05, 3.63) is 23.8 Å². The Labute approximate surface area is 119 Å². The molecule has 3 rings (SSSR count). The highest BCUT2D eigenvalue weighted by atomic mass is 16.1. The average molecular weight is 274 g/mol. The number of piperidine rings is 1. The number of rotatable bonds is 3. The van der Waals surface area contributed by atoms with Crippen molar-refractivity contribution in [3.8, 4) is 0 Å². The van der Waals surface area contributed by atoms with E-state index in [1.165, 1.54) is 25.8 Å². The summed E-state index contributed by atoms with van der Waals surface area (Å²) in [6.07, 6.45) is 4.98. The van der Waals surface area contributed by atoms with Crippen LogP contribution < -0.4 is 16.8 Å². The summed E-state index contributed by atoms with van der Waals surface area (Å²) in [6.45, 7) is 2.36. The summed E-state index contributed by atoms with van der Waals surface area (Å²) >= 11 is 0. The number of hydrogen-bond acceptors (Lipinski definition) is 4. The fourth-order valence-electron chi connectivity index (χ4n) is 3.52. The Balaban J connectivity index is 1.78. The van der Waals surface area contributed by atoms with Gasteiger partial charge in [0.15, 0.2) is 0 Å². The van der Waals surface area contributed by atoms with Crippen LogP contribution in [0.4, 0.5) is 11.4 Å². The van der Waals surface area contributed by atoms with Gasteiger partial charge in [-0.1, -0.05) is 12.5 Å². The lowest BCUT2D eigenvalue weighted by atomic mass is 9.98. The Kier molecular flexibility index (Phi) is 3.53. The lowest BCUT2D eigenvalue weighted by Crippen LogP contribution is -2.41. The molecule has 5 N–H and O–H groups in total. The van der Waals surface area contributed by atoms with Crippen molar-refractivity contribution in [2.75, 3.05) is 24.1 Å². The van der Waals surface area contributed by atoms with Crippen LogP contribution in [0.2, 0.25) is 0 Å². The van der Waals surface area contributed by atoms with Crippen LogP contribution in [0.1, 0.15) is 36.0 Å². The number of amides is 1. The van der Waals surface area contributed by atoms with E-state index >= 15 is 0 Å². The molecule has 2 aliphatic rings. The van der Waals surface area contributed by atoms with Crippen LogP contribution >= 0.6 is 0 Å². The quantitative estimate of drug-likeness (QED) is 0.728. The molecule has 20 heavy (non-hydrogen) atoms. The molecule has 0 spiro atoms. The number of benzene rings is 1. The molecule has 2 saturated heterocycles. The fraction of sp³-hybridized carbons (Fsp3) is 0.533. The molecule has 0 aliphatic carbocycles. The zero-order valence-corrected chi connectivity index (χ0v) is 11.6. The van der Waals surface area contributed by atoms with Gasteiger partial charge in [-0.25, -0.2) is 0 Å². The molecule has 5 nitrogen and oxygen atoms in total. The first-order valence-electron chi connectivity index (χ1n) is 7.35. The maximum Gasteiger partial charge on any atom is 0.250 e. The maximum absolute atomic E-state index is 11.3. The van der Waals surface area contributed by atoms with Crippen LogP contribution in [-0.2, 0) is 0 Å². The first kappa shape index (κ1) is 13.2. The van der Waals surface area contributed by atoms with E-state index in [1.54, 1.807) is 6.07 Å². The van der Waals surface area contributed by atoms with Crippen molar-refractivity contribution in [3.63, 3.8) is 0 Å². The minimum absolute atomic E-state index is 0.397. The van der Waals surface area contributed by atoms with E-state index in [0.717, 1.165) is 18.7 Å². The van der Waals surface area contributed by atoms with Crippen LogP contribution in [0.5, 0.6) is 0 Å². The number of nitrogens with two attached hydrogens (primary N) is 2. The molecule has 1 amide bonds. The Morgan fingerprint density at radius 2 is 2.10 bits per heavy atom. The number of carbonyl (C=O) groups excluding carboxylic acids is 1. The summed E-state index contributed by atoms with van der Waals surface area (Å²) in [5.74, 6) is -0.475. The number of primary amides is 1. The van der Waals surface area contributed by atoms with Crippen molar-refractivity contribution in [1.82, 2.24) is 4.90 Å². The number of nitrogen functional groups attached to an aromatic ring is 1. The van der Waals surface area contributed by atoms with Gasteiger partial charge in [0.2, 0.25) is 0 Å². The highest BCUT2D eigenvalue weighted by molar-refractivity contribution is 6.00. The van der Waals surface area contributed by atoms with Crippen molar-refractivity contribution < 1.29 is 4.79 Å². The molecule has 2 fully saturated rings. The zero-order chi connectivity index (χ0) is 14.1. The monoisotopic (exact) mass is 274 g/mol. The molecule has 108 valence electrons. The van der Waals surface area contributed by atoms with Gasteiger partial charge in [-0.05, 0) is 37.9 Å². The molecule has 0 radical (unpaired) electrons. The first-order valence-corrected chi connectivity index (χ1v) is 7.35. The molecule has 1 aromatic rings. The van der Waals surface area contributed by atoms with Crippen molar-refractivity contribution in [2.45, 2.75) is 37.8 Å². The van der Waals surface area contributed by atoms with Gasteiger partial charge in [-0.15, -0.1) is 0 Å². The Hall–Kier alpha value is -1.75. The average Bonchev–Trinajstić information content (AvgIpc) is 2.84. The van der Waals surface area contributed by atoms with Crippen molar-refractivity contribution in [1.29, 1.82) is 0 Å². The third-order valence-corrected chi connectivity index (χ3v) is 4.57. The number of nitrogens with zero attached hydrogens (tertiary/aromatic N) is 1. The van der Waals surface area contributed by atoms with Gasteiger partial charge in [-0.2, -0.15) is 0 Å². The molecule has 0 saturated carbocycles. The fourth-order valence-corrected chi connectivity index (χ4v) is 3.52.